The SMILES string of the molecule is Cc1nn(C)c(Nc2ccc(Br)cc2Cl)c1C(N)=S. The summed E-state index contributed by atoms with van der Waals surface area (Å²) in [5, 5.41) is 8.13. The second-order valence-electron chi connectivity index (χ2n) is 4.05. The smallest absolute Gasteiger partial charge is 0.138 e. The molecular weight excluding hydrogens is 348 g/mol. The minimum Gasteiger partial charge on any atom is -0.389 e. The maximum Gasteiger partial charge on any atom is 0.138 e. The van der Waals surface area contributed by atoms with Gasteiger partial charge >= 0.3 is 0 Å². The molecule has 0 saturated carbocycles. The van der Waals surface area contributed by atoms with Gasteiger partial charge in [0.15, 0.2) is 0 Å². The zero-order chi connectivity index (χ0) is 14.2. The molecule has 19 heavy (non-hydrogen) atoms. The molecule has 0 aliphatic carbocycles. The lowest BCUT2D eigenvalue weighted by molar-refractivity contribution is 0.765. The third kappa shape index (κ3) is 2.91. The molecule has 3 N–H and O–H groups in total. The number of aromatic nitrogens is 2. The van der Waals surface area contributed by atoms with Crippen molar-refractivity contribution in [1.29, 1.82) is 0 Å². The van der Waals surface area contributed by atoms with Crippen LogP contribution in [0.2, 0.25) is 5.02 Å². The minimum absolute atomic E-state index is 0.307. The molecule has 0 aliphatic rings. The standard InChI is InChI=1S/C12H12BrClN4S/c1-6-10(11(15)19)12(18(2)17-6)16-9-4-3-7(13)5-8(9)14/h3-5,16H,1-2H3,(H2,15,19). The van der Waals surface area contributed by atoms with E-state index in [0.717, 1.165) is 27.2 Å². The summed E-state index contributed by atoms with van der Waals surface area (Å²) in [6, 6.07) is 5.59. The molecule has 0 aliphatic heterocycles. The fourth-order valence-electron chi connectivity index (χ4n) is 1.81. The predicted octanol–water partition coefficient (Wildman–Crippen LogP) is 3.52. The summed E-state index contributed by atoms with van der Waals surface area (Å²) >= 11 is 14.6. The molecule has 1 aromatic carbocycles. The highest BCUT2D eigenvalue weighted by atomic mass is 79.9. The first-order chi connectivity index (χ1) is 8.90. The van der Waals surface area contributed by atoms with E-state index < -0.39 is 0 Å². The number of hydrogen-bond acceptors (Lipinski definition) is 3. The highest BCUT2D eigenvalue weighted by Gasteiger charge is 2.16. The van der Waals surface area contributed by atoms with E-state index in [1.54, 1.807) is 4.68 Å². The molecule has 1 heterocycles. The Labute approximate surface area is 130 Å². The van der Waals surface area contributed by atoms with Crippen molar-refractivity contribution in [3.8, 4) is 0 Å². The third-order valence-corrected chi connectivity index (χ3v) is 3.66. The molecule has 0 amide bonds. The molecule has 1 aromatic heterocycles. The van der Waals surface area contributed by atoms with Crippen LogP contribution in [0.15, 0.2) is 22.7 Å². The van der Waals surface area contributed by atoms with E-state index in [2.05, 4.69) is 26.3 Å². The van der Waals surface area contributed by atoms with Gasteiger partial charge in [-0.25, -0.2) is 0 Å². The maximum absolute atomic E-state index is 6.18. The van der Waals surface area contributed by atoms with E-state index in [0.29, 0.717) is 10.0 Å². The van der Waals surface area contributed by atoms with Gasteiger partial charge in [-0.1, -0.05) is 39.7 Å². The summed E-state index contributed by atoms with van der Waals surface area (Å²) in [5.74, 6) is 0.731. The van der Waals surface area contributed by atoms with Crippen LogP contribution in [-0.2, 0) is 7.05 Å². The second kappa shape index (κ2) is 5.48. The number of nitrogens with two attached hydrogens (primary N) is 1. The van der Waals surface area contributed by atoms with Crippen LogP contribution in [0.3, 0.4) is 0 Å². The van der Waals surface area contributed by atoms with E-state index in [-0.39, 0.29) is 0 Å². The summed E-state index contributed by atoms with van der Waals surface area (Å²) in [6.07, 6.45) is 0. The number of thiocarbonyl (C=S) groups is 1. The van der Waals surface area contributed by atoms with Crippen molar-refractivity contribution in [1.82, 2.24) is 9.78 Å². The minimum atomic E-state index is 0.307. The summed E-state index contributed by atoms with van der Waals surface area (Å²) in [6.45, 7) is 1.86. The lowest BCUT2D eigenvalue weighted by Gasteiger charge is -2.11. The van der Waals surface area contributed by atoms with Gasteiger partial charge in [0.1, 0.15) is 10.8 Å². The Morgan fingerprint density at radius 2 is 2.21 bits per heavy atom. The second-order valence-corrected chi connectivity index (χ2v) is 5.81. The molecule has 100 valence electrons. The number of nitrogens with one attached hydrogen (secondary N) is 1. The highest BCUT2D eigenvalue weighted by Crippen LogP contribution is 2.30. The average molecular weight is 360 g/mol. The quantitative estimate of drug-likeness (QED) is 0.823. The highest BCUT2D eigenvalue weighted by molar-refractivity contribution is 9.10. The molecule has 0 unspecified atom stereocenters. The van der Waals surface area contributed by atoms with Crippen LogP contribution in [0.1, 0.15) is 11.3 Å². The first kappa shape index (κ1) is 14.3. The number of benzene rings is 1. The fraction of sp³-hybridized carbons (Fsp3) is 0.167. The van der Waals surface area contributed by atoms with E-state index in [4.69, 9.17) is 29.6 Å². The predicted molar refractivity (Wildman–Crippen MR) is 86.3 cm³/mol. The number of hydrogen-bond donors (Lipinski definition) is 2. The molecule has 0 saturated heterocycles. The Bertz CT molecular complexity index is 653. The van der Waals surface area contributed by atoms with Crippen LogP contribution in [0.4, 0.5) is 11.5 Å². The molecule has 0 radical (unpaired) electrons. The van der Waals surface area contributed by atoms with Crippen molar-refractivity contribution >= 4 is 56.2 Å². The van der Waals surface area contributed by atoms with Crippen LogP contribution in [-0.4, -0.2) is 14.8 Å². The van der Waals surface area contributed by atoms with Gasteiger partial charge in [0.25, 0.3) is 0 Å². The number of rotatable bonds is 3. The van der Waals surface area contributed by atoms with Crippen LogP contribution < -0.4 is 11.1 Å². The maximum atomic E-state index is 6.18. The van der Waals surface area contributed by atoms with E-state index in [1.165, 1.54) is 0 Å². The monoisotopic (exact) mass is 358 g/mol. The van der Waals surface area contributed by atoms with E-state index >= 15 is 0 Å². The van der Waals surface area contributed by atoms with Crippen molar-refractivity contribution in [3.63, 3.8) is 0 Å². The molecule has 0 bridgehead atoms. The largest absolute Gasteiger partial charge is 0.389 e. The van der Waals surface area contributed by atoms with E-state index in [1.807, 2.05) is 32.2 Å². The summed E-state index contributed by atoms with van der Waals surface area (Å²) in [4.78, 5) is 0.307. The van der Waals surface area contributed by atoms with Crippen molar-refractivity contribution in [2.24, 2.45) is 12.8 Å². The Balaban J connectivity index is 2.46. The van der Waals surface area contributed by atoms with Gasteiger partial charge in [0.05, 0.1) is 22.0 Å². The molecule has 0 fully saturated rings. The Morgan fingerprint density at radius 3 is 2.79 bits per heavy atom. The Hall–Kier alpha value is -1.11. The summed E-state index contributed by atoms with van der Waals surface area (Å²) in [5.41, 5.74) is 8.03. The number of anilines is 2. The van der Waals surface area contributed by atoms with Crippen LogP contribution in [0, 0.1) is 6.92 Å². The zero-order valence-electron chi connectivity index (χ0n) is 10.4. The van der Waals surface area contributed by atoms with Gasteiger partial charge in [-0.2, -0.15) is 5.10 Å². The number of aryl methyl sites for hydroxylation is 2. The molecule has 4 nitrogen and oxygen atoms in total. The normalized spacial score (nSPS) is 10.5. The van der Waals surface area contributed by atoms with Gasteiger partial charge in [-0.3, -0.25) is 4.68 Å². The van der Waals surface area contributed by atoms with Gasteiger partial charge in [0, 0.05) is 11.5 Å². The third-order valence-electron chi connectivity index (χ3n) is 2.65. The lowest BCUT2D eigenvalue weighted by Crippen LogP contribution is -2.13. The van der Waals surface area contributed by atoms with Crippen molar-refractivity contribution < 1.29 is 0 Å². The van der Waals surface area contributed by atoms with Crippen molar-refractivity contribution in [3.05, 3.63) is 39.0 Å². The van der Waals surface area contributed by atoms with Crippen molar-refractivity contribution in [2.45, 2.75) is 6.92 Å². The zero-order valence-corrected chi connectivity index (χ0v) is 13.5. The van der Waals surface area contributed by atoms with Gasteiger partial charge in [-0.05, 0) is 25.1 Å². The van der Waals surface area contributed by atoms with Crippen LogP contribution in [0.5, 0.6) is 0 Å². The van der Waals surface area contributed by atoms with Gasteiger partial charge in [0.2, 0.25) is 0 Å². The summed E-state index contributed by atoms with van der Waals surface area (Å²) < 4.78 is 2.61. The lowest BCUT2D eigenvalue weighted by atomic mass is 10.2. The van der Waals surface area contributed by atoms with E-state index in [9.17, 15) is 0 Å². The fourth-order valence-corrected chi connectivity index (χ4v) is 2.78. The van der Waals surface area contributed by atoms with Gasteiger partial charge < -0.3 is 11.1 Å². The van der Waals surface area contributed by atoms with Crippen LogP contribution in [0.25, 0.3) is 0 Å². The molecule has 0 atom stereocenters. The first-order valence-electron chi connectivity index (χ1n) is 5.45. The topological polar surface area (TPSA) is 55.9 Å². The number of halogens is 2. The first-order valence-corrected chi connectivity index (χ1v) is 7.03. The Morgan fingerprint density at radius 1 is 1.53 bits per heavy atom. The summed E-state index contributed by atoms with van der Waals surface area (Å²) in [7, 11) is 1.82. The Kier molecular flexibility index (Phi) is 4.13. The molecular formula is C12H12BrClN4S. The van der Waals surface area contributed by atoms with Crippen LogP contribution >= 0.6 is 39.7 Å². The molecule has 2 aromatic rings. The molecule has 7 heteroatoms. The van der Waals surface area contributed by atoms with Gasteiger partial charge in [-0.15, -0.1) is 0 Å². The molecule has 0 spiro atoms. The number of nitrogens with zero attached hydrogens (tertiary/aromatic N) is 2. The van der Waals surface area contributed by atoms with Crippen molar-refractivity contribution in [2.75, 3.05) is 5.32 Å². The average Bonchev–Trinajstić information content (AvgIpc) is 2.57. The molecule has 2 rings (SSSR count).